The zero-order valence-electron chi connectivity index (χ0n) is 13.6. The van der Waals surface area contributed by atoms with E-state index in [0.29, 0.717) is 0 Å². The fourth-order valence-corrected chi connectivity index (χ4v) is 3.53. The van der Waals surface area contributed by atoms with E-state index in [4.69, 9.17) is 0 Å². The Labute approximate surface area is 132 Å². The Bertz CT molecular complexity index is 554. The minimum atomic E-state index is 0.974. The third-order valence-corrected chi connectivity index (χ3v) is 4.55. The van der Waals surface area contributed by atoms with Crippen LogP contribution in [0.1, 0.15) is 34.2 Å². The largest absolute Gasteiger partial charge is 0.369 e. The van der Waals surface area contributed by atoms with Gasteiger partial charge in [0.15, 0.2) is 0 Å². The van der Waals surface area contributed by atoms with Crippen LogP contribution in [0.3, 0.4) is 0 Å². The van der Waals surface area contributed by atoms with Gasteiger partial charge in [0, 0.05) is 29.0 Å². The van der Waals surface area contributed by atoms with Crippen molar-refractivity contribution in [3.63, 3.8) is 0 Å². The number of benzene rings is 1. The molecule has 1 aromatic carbocycles. The molecule has 0 unspecified atom stereocenters. The number of hydrogen-bond acceptors (Lipinski definition) is 3. The molecule has 0 aliphatic heterocycles. The predicted molar refractivity (Wildman–Crippen MR) is 94.3 cm³/mol. The lowest BCUT2D eigenvalue weighted by Gasteiger charge is -2.19. The van der Waals surface area contributed by atoms with Gasteiger partial charge in [-0.2, -0.15) is 0 Å². The first-order valence-electron chi connectivity index (χ1n) is 7.66. The van der Waals surface area contributed by atoms with Crippen LogP contribution in [0.4, 0.5) is 5.69 Å². The Morgan fingerprint density at radius 2 is 1.71 bits per heavy atom. The lowest BCUT2D eigenvalue weighted by atomic mass is 10.1. The topological polar surface area (TPSA) is 15.3 Å². The van der Waals surface area contributed by atoms with E-state index in [1.807, 2.05) is 11.3 Å². The van der Waals surface area contributed by atoms with E-state index in [0.717, 1.165) is 19.6 Å². The van der Waals surface area contributed by atoms with Gasteiger partial charge in [0.05, 0.1) is 6.54 Å². The van der Waals surface area contributed by atoms with Crippen molar-refractivity contribution in [1.82, 2.24) is 5.32 Å². The fraction of sp³-hybridized carbons (Fsp3) is 0.444. The summed E-state index contributed by atoms with van der Waals surface area (Å²) in [5, 5.41) is 3.46. The van der Waals surface area contributed by atoms with E-state index >= 15 is 0 Å². The van der Waals surface area contributed by atoms with Crippen molar-refractivity contribution in [1.29, 1.82) is 0 Å². The molecule has 0 bridgehead atoms. The Balaban J connectivity index is 1.97. The SMILES string of the molecule is CCCNCc1ccc(CN(C)c2cc(C)cc(C)c2)s1. The van der Waals surface area contributed by atoms with Crippen molar-refractivity contribution < 1.29 is 0 Å². The molecule has 0 fully saturated rings. The van der Waals surface area contributed by atoms with Crippen LogP contribution in [0.2, 0.25) is 0 Å². The minimum Gasteiger partial charge on any atom is -0.369 e. The van der Waals surface area contributed by atoms with Gasteiger partial charge in [-0.15, -0.1) is 11.3 Å². The van der Waals surface area contributed by atoms with Gasteiger partial charge in [-0.25, -0.2) is 0 Å². The lowest BCUT2D eigenvalue weighted by molar-refractivity contribution is 0.681. The molecule has 2 nitrogen and oxygen atoms in total. The molecule has 2 rings (SSSR count). The molecule has 1 N–H and O–H groups in total. The van der Waals surface area contributed by atoms with E-state index in [1.165, 1.54) is 33.0 Å². The van der Waals surface area contributed by atoms with Crippen LogP contribution >= 0.6 is 11.3 Å². The Morgan fingerprint density at radius 1 is 1.05 bits per heavy atom. The molecule has 2 aromatic rings. The van der Waals surface area contributed by atoms with Crippen molar-refractivity contribution in [3.05, 3.63) is 51.2 Å². The Hall–Kier alpha value is -1.32. The summed E-state index contributed by atoms with van der Waals surface area (Å²) in [6.07, 6.45) is 1.19. The average Bonchev–Trinajstić information content (AvgIpc) is 2.85. The molecule has 0 atom stereocenters. The zero-order valence-corrected chi connectivity index (χ0v) is 14.4. The molecule has 0 amide bonds. The number of hydrogen-bond donors (Lipinski definition) is 1. The highest BCUT2D eigenvalue weighted by Gasteiger charge is 2.06. The molecule has 0 saturated heterocycles. The van der Waals surface area contributed by atoms with Crippen LogP contribution in [-0.2, 0) is 13.1 Å². The summed E-state index contributed by atoms with van der Waals surface area (Å²) in [5.74, 6) is 0. The monoisotopic (exact) mass is 302 g/mol. The first-order chi connectivity index (χ1) is 10.1. The van der Waals surface area contributed by atoms with Crippen molar-refractivity contribution in [2.75, 3.05) is 18.5 Å². The summed E-state index contributed by atoms with van der Waals surface area (Å²) in [4.78, 5) is 5.17. The molecule has 0 radical (unpaired) electrons. The second kappa shape index (κ2) is 7.62. The quantitative estimate of drug-likeness (QED) is 0.758. The van der Waals surface area contributed by atoms with Gasteiger partial charge in [0.2, 0.25) is 0 Å². The van der Waals surface area contributed by atoms with Crippen LogP contribution in [0, 0.1) is 13.8 Å². The van der Waals surface area contributed by atoms with Gasteiger partial charge in [-0.05, 0) is 62.2 Å². The standard InChI is InChI=1S/C18H26N2S/c1-5-8-19-12-17-6-7-18(21-17)13-20(4)16-10-14(2)9-15(3)11-16/h6-7,9-11,19H,5,8,12-13H2,1-4H3. The van der Waals surface area contributed by atoms with Crippen molar-refractivity contribution in [3.8, 4) is 0 Å². The summed E-state index contributed by atoms with van der Waals surface area (Å²) in [6, 6.07) is 11.2. The Morgan fingerprint density at radius 3 is 2.38 bits per heavy atom. The van der Waals surface area contributed by atoms with E-state index in [-0.39, 0.29) is 0 Å². The first kappa shape index (κ1) is 16.1. The van der Waals surface area contributed by atoms with Gasteiger partial charge in [-0.3, -0.25) is 0 Å². The number of aryl methyl sites for hydroxylation is 2. The normalized spacial score (nSPS) is 10.9. The number of nitrogens with zero attached hydrogens (tertiary/aromatic N) is 1. The number of rotatable bonds is 7. The van der Waals surface area contributed by atoms with E-state index in [1.54, 1.807) is 0 Å². The number of anilines is 1. The highest BCUT2D eigenvalue weighted by molar-refractivity contribution is 7.12. The van der Waals surface area contributed by atoms with Crippen LogP contribution in [0.15, 0.2) is 30.3 Å². The van der Waals surface area contributed by atoms with Gasteiger partial charge >= 0.3 is 0 Å². The van der Waals surface area contributed by atoms with E-state index in [2.05, 4.69) is 68.4 Å². The summed E-state index contributed by atoms with van der Waals surface area (Å²) in [6.45, 7) is 9.58. The molecule has 1 heterocycles. The number of nitrogens with one attached hydrogen (secondary N) is 1. The predicted octanol–water partition coefficient (Wildman–Crippen LogP) is 4.50. The summed E-state index contributed by atoms with van der Waals surface area (Å²) in [7, 11) is 2.17. The summed E-state index contributed by atoms with van der Waals surface area (Å²) < 4.78 is 0. The van der Waals surface area contributed by atoms with Gasteiger partial charge < -0.3 is 10.2 Å². The lowest BCUT2D eigenvalue weighted by Crippen LogP contribution is -2.15. The molecular formula is C18H26N2S. The molecule has 3 heteroatoms. The molecule has 114 valence electrons. The van der Waals surface area contributed by atoms with Crippen molar-refractivity contribution in [2.45, 2.75) is 40.3 Å². The van der Waals surface area contributed by atoms with Gasteiger partial charge in [0.1, 0.15) is 0 Å². The smallest absolute Gasteiger partial charge is 0.0519 e. The molecule has 21 heavy (non-hydrogen) atoms. The minimum absolute atomic E-state index is 0.974. The second-order valence-electron chi connectivity index (χ2n) is 5.75. The van der Waals surface area contributed by atoms with Crippen LogP contribution in [0.5, 0.6) is 0 Å². The molecule has 0 spiro atoms. The first-order valence-corrected chi connectivity index (χ1v) is 8.48. The molecule has 1 aromatic heterocycles. The maximum absolute atomic E-state index is 3.46. The van der Waals surface area contributed by atoms with Gasteiger partial charge in [0.25, 0.3) is 0 Å². The van der Waals surface area contributed by atoms with Crippen molar-refractivity contribution >= 4 is 17.0 Å². The molecule has 0 saturated carbocycles. The maximum Gasteiger partial charge on any atom is 0.0519 e. The Kier molecular flexibility index (Phi) is 5.83. The van der Waals surface area contributed by atoms with Crippen molar-refractivity contribution in [2.24, 2.45) is 0 Å². The van der Waals surface area contributed by atoms with Gasteiger partial charge in [-0.1, -0.05) is 13.0 Å². The summed E-state index contributed by atoms with van der Waals surface area (Å²) >= 11 is 1.91. The van der Waals surface area contributed by atoms with Crippen LogP contribution in [0.25, 0.3) is 0 Å². The van der Waals surface area contributed by atoms with E-state index < -0.39 is 0 Å². The van der Waals surface area contributed by atoms with Crippen LogP contribution in [-0.4, -0.2) is 13.6 Å². The fourth-order valence-electron chi connectivity index (χ4n) is 2.49. The molecule has 0 aliphatic carbocycles. The third-order valence-electron chi connectivity index (χ3n) is 3.48. The highest BCUT2D eigenvalue weighted by Crippen LogP contribution is 2.23. The van der Waals surface area contributed by atoms with E-state index in [9.17, 15) is 0 Å². The molecular weight excluding hydrogens is 276 g/mol. The average molecular weight is 302 g/mol. The number of thiophene rings is 1. The van der Waals surface area contributed by atoms with Crippen LogP contribution < -0.4 is 10.2 Å². The second-order valence-corrected chi connectivity index (χ2v) is 7.00. The maximum atomic E-state index is 3.46. The summed E-state index contributed by atoms with van der Waals surface area (Å²) in [5.41, 5.74) is 3.95. The highest BCUT2D eigenvalue weighted by atomic mass is 32.1. The third kappa shape index (κ3) is 4.87. The zero-order chi connectivity index (χ0) is 15.2. The molecule has 0 aliphatic rings.